The number of para-hydroxylation sites is 1. The third kappa shape index (κ3) is 3.91. The summed E-state index contributed by atoms with van der Waals surface area (Å²) in [5.74, 6) is 0.479. The molecule has 0 amide bonds. The van der Waals surface area contributed by atoms with Crippen molar-refractivity contribution in [1.82, 2.24) is 0 Å². The van der Waals surface area contributed by atoms with E-state index >= 15 is 0 Å². The van der Waals surface area contributed by atoms with E-state index in [0.717, 1.165) is 16.6 Å². The molecule has 1 aromatic rings. The second-order valence-electron chi connectivity index (χ2n) is 2.90. The average molecular weight is 273 g/mol. The molecule has 0 spiro atoms. The minimum Gasteiger partial charge on any atom is -0.492 e. The smallest absolute Gasteiger partial charge is 0.310 e. The van der Waals surface area contributed by atoms with E-state index < -0.39 is 0 Å². The zero-order valence-electron chi connectivity index (χ0n) is 8.53. The molecule has 0 fully saturated rings. The highest BCUT2D eigenvalue weighted by atomic mass is 79.9. The predicted molar refractivity (Wildman–Crippen MR) is 61.5 cm³/mol. The van der Waals surface area contributed by atoms with E-state index in [9.17, 15) is 4.79 Å². The van der Waals surface area contributed by atoms with Crippen molar-refractivity contribution >= 4 is 21.9 Å². The summed E-state index contributed by atoms with van der Waals surface area (Å²) in [6.45, 7) is 0.582. The van der Waals surface area contributed by atoms with Gasteiger partial charge in [0.1, 0.15) is 5.75 Å². The lowest BCUT2D eigenvalue weighted by atomic mass is 10.1. The summed E-state index contributed by atoms with van der Waals surface area (Å²) in [7, 11) is 1.38. The number of rotatable bonds is 5. The summed E-state index contributed by atoms with van der Waals surface area (Å²) in [5, 5.41) is 0.763. The molecule has 0 aliphatic carbocycles. The van der Waals surface area contributed by atoms with Gasteiger partial charge < -0.3 is 9.47 Å². The lowest BCUT2D eigenvalue weighted by Crippen LogP contribution is -2.07. The van der Waals surface area contributed by atoms with Crippen molar-refractivity contribution in [1.29, 1.82) is 0 Å². The van der Waals surface area contributed by atoms with E-state index in [1.165, 1.54) is 7.11 Å². The molecule has 0 bridgehead atoms. The van der Waals surface area contributed by atoms with Crippen LogP contribution in [0.4, 0.5) is 0 Å². The van der Waals surface area contributed by atoms with Gasteiger partial charge in [-0.15, -0.1) is 0 Å². The molecule has 0 heterocycles. The highest BCUT2D eigenvalue weighted by Crippen LogP contribution is 2.18. The fourth-order valence-electron chi connectivity index (χ4n) is 1.17. The second-order valence-corrected chi connectivity index (χ2v) is 3.69. The molecule has 0 atom stereocenters. The molecule has 82 valence electrons. The van der Waals surface area contributed by atoms with Crippen molar-refractivity contribution in [2.45, 2.75) is 6.42 Å². The van der Waals surface area contributed by atoms with E-state index in [1.54, 1.807) is 0 Å². The van der Waals surface area contributed by atoms with Gasteiger partial charge >= 0.3 is 5.97 Å². The van der Waals surface area contributed by atoms with Gasteiger partial charge in [-0.05, 0) is 6.07 Å². The Morgan fingerprint density at radius 1 is 1.40 bits per heavy atom. The van der Waals surface area contributed by atoms with Gasteiger partial charge in [0.25, 0.3) is 0 Å². The number of alkyl halides is 1. The van der Waals surface area contributed by atoms with Gasteiger partial charge in [0.15, 0.2) is 0 Å². The molecule has 15 heavy (non-hydrogen) atoms. The van der Waals surface area contributed by atoms with Crippen molar-refractivity contribution in [2.75, 3.05) is 19.0 Å². The zero-order valence-corrected chi connectivity index (χ0v) is 10.1. The molecule has 0 saturated heterocycles. The largest absolute Gasteiger partial charge is 0.492 e. The van der Waals surface area contributed by atoms with Crippen LogP contribution in [-0.4, -0.2) is 25.0 Å². The van der Waals surface area contributed by atoms with Crippen LogP contribution in [0.3, 0.4) is 0 Å². The Morgan fingerprint density at radius 2 is 2.13 bits per heavy atom. The fraction of sp³-hybridized carbons (Fsp3) is 0.364. The molecule has 0 aliphatic rings. The molecule has 1 aromatic carbocycles. The van der Waals surface area contributed by atoms with Crippen molar-refractivity contribution in [3.05, 3.63) is 29.8 Å². The summed E-state index contributed by atoms with van der Waals surface area (Å²) in [5.41, 5.74) is 0.852. The minimum absolute atomic E-state index is 0.245. The highest BCUT2D eigenvalue weighted by Gasteiger charge is 2.08. The van der Waals surface area contributed by atoms with Crippen molar-refractivity contribution in [3.8, 4) is 5.75 Å². The normalized spacial score (nSPS) is 9.73. The van der Waals surface area contributed by atoms with Crippen molar-refractivity contribution < 1.29 is 14.3 Å². The third-order valence-corrected chi connectivity index (χ3v) is 2.19. The number of ether oxygens (including phenoxy) is 2. The summed E-state index contributed by atoms with van der Waals surface area (Å²) in [4.78, 5) is 11.1. The van der Waals surface area contributed by atoms with Crippen molar-refractivity contribution in [3.63, 3.8) is 0 Å². The summed E-state index contributed by atoms with van der Waals surface area (Å²) >= 11 is 3.28. The van der Waals surface area contributed by atoms with Crippen LogP contribution < -0.4 is 4.74 Å². The van der Waals surface area contributed by atoms with E-state index in [0.29, 0.717) is 6.61 Å². The molecule has 0 unspecified atom stereocenters. The van der Waals surface area contributed by atoms with Crippen LogP contribution in [-0.2, 0) is 16.0 Å². The van der Waals surface area contributed by atoms with E-state index in [1.807, 2.05) is 24.3 Å². The van der Waals surface area contributed by atoms with Crippen LogP contribution in [0.15, 0.2) is 24.3 Å². The first-order valence-electron chi connectivity index (χ1n) is 4.61. The van der Waals surface area contributed by atoms with Gasteiger partial charge in [0.2, 0.25) is 0 Å². The van der Waals surface area contributed by atoms with E-state index in [2.05, 4.69) is 20.7 Å². The number of benzene rings is 1. The topological polar surface area (TPSA) is 35.5 Å². The fourth-order valence-corrected chi connectivity index (χ4v) is 1.33. The van der Waals surface area contributed by atoms with Gasteiger partial charge in [-0.2, -0.15) is 0 Å². The number of hydrogen-bond acceptors (Lipinski definition) is 3. The number of halogens is 1. The molecule has 0 aliphatic heterocycles. The maximum absolute atomic E-state index is 11.1. The first-order chi connectivity index (χ1) is 7.27. The van der Waals surface area contributed by atoms with Gasteiger partial charge in [-0.1, -0.05) is 34.1 Å². The zero-order chi connectivity index (χ0) is 11.1. The number of carbonyl (C=O) groups excluding carboxylic acids is 1. The molecule has 4 heteroatoms. The summed E-state index contributed by atoms with van der Waals surface area (Å²) < 4.78 is 10.1. The summed E-state index contributed by atoms with van der Waals surface area (Å²) in [6.07, 6.45) is 0.245. The first kappa shape index (κ1) is 12.0. The monoisotopic (exact) mass is 272 g/mol. The van der Waals surface area contributed by atoms with Crippen molar-refractivity contribution in [2.24, 2.45) is 0 Å². The lowest BCUT2D eigenvalue weighted by molar-refractivity contribution is -0.139. The van der Waals surface area contributed by atoms with Crippen LogP contribution in [0.5, 0.6) is 5.75 Å². The minimum atomic E-state index is -0.259. The Morgan fingerprint density at radius 3 is 2.80 bits per heavy atom. The molecular weight excluding hydrogens is 260 g/mol. The van der Waals surface area contributed by atoms with Gasteiger partial charge in [-0.3, -0.25) is 4.79 Å². The molecule has 0 aromatic heterocycles. The van der Waals surface area contributed by atoms with Crippen LogP contribution in [0.25, 0.3) is 0 Å². The molecule has 0 saturated carbocycles. The van der Waals surface area contributed by atoms with E-state index in [-0.39, 0.29) is 12.4 Å². The standard InChI is InChI=1S/C11H13BrO3/c1-14-11(13)8-9-4-2-3-5-10(9)15-7-6-12/h2-5H,6-8H2,1H3. The molecular formula is C11H13BrO3. The Balaban J connectivity index is 2.72. The maximum atomic E-state index is 11.1. The van der Waals surface area contributed by atoms with E-state index in [4.69, 9.17) is 4.74 Å². The number of hydrogen-bond donors (Lipinski definition) is 0. The SMILES string of the molecule is COC(=O)Cc1ccccc1OCCBr. The number of esters is 1. The third-order valence-electron chi connectivity index (χ3n) is 1.87. The Kier molecular flexibility index (Phi) is 5.18. The average Bonchev–Trinajstić information content (AvgIpc) is 2.28. The molecule has 3 nitrogen and oxygen atoms in total. The van der Waals surface area contributed by atoms with Crippen LogP contribution >= 0.6 is 15.9 Å². The first-order valence-corrected chi connectivity index (χ1v) is 5.73. The number of methoxy groups -OCH3 is 1. The maximum Gasteiger partial charge on any atom is 0.310 e. The molecule has 0 radical (unpaired) electrons. The second kappa shape index (κ2) is 6.45. The highest BCUT2D eigenvalue weighted by molar-refractivity contribution is 9.09. The quantitative estimate of drug-likeness (QED) is 0.609. The van der Waals surface area contributed by atoms with Gasteiger partial charge in [0, 0.05) is 10.9 Å². The Labute approximate surface area is 97.5 Å². The van der Waals surface area contributed by atoms with Gasteiger partial charge in [0.05, 0.1) is 20.1 Å². The van der Waals surface area contributed by atoms with Crippen LogP contribution in [0, 0.1) is 0 Å². The Bertz CT molecular complexity index is 325. The van der Waals surface area contributed by atoms with Crippen LogP contribution in [0.2, 0.25) is 0 Å². The van der Waals surface area contributed by atoms with Gasteiger partial charge in [-0.25, -0.2) is 0 Å². The predicted octanol–water partition coefficient (Wildman–Crippen LogP) is 2.18. The molecule has 0 N–H and O–H groups in total. The molecule has 1 rings (SSSR count). The Hall–Kier alpha value is -1.03. The lowest BCUT2D eigenvalue weighted by Gasteiger charge is -2.09. The van der Waals surface area contributed by atoms with Crippen LogP contribution in [0.1, 0.15) is 5.56 Å². The summed E-state index contributed by atoms with van der Waals surface area (Å²) in [6, 6.07) is 7.46. The number of carbonyl (C=O) groups is 1.